The Morgan fingerprint density at radius 3 is 2.80 bits per heavy atom. The highest BCUT2D eigenvalue weighted by Crippen LogP contribution is 2.19. The molecule has 0 aromatic carbocycles. The van der Waals surface area contributed by atoms with Gasteiger partial charge in [-0.2, -0.15) is 0 Å². The Labute approximate surface area is 122 Å². The van der Waals surface area contributed by atoms with Crippen molar-refractivity contribution in [2.75, 3.05) is 12.3 Å². The van der Waals surface area contributed by atoms with Gasteiger partial charge in [0.1, 0.15) is 5.54 Å². The zero-order chi connectivity index (χ0) is 15.2. The molecule has 0 spiro atoms. The molecule has 1 aromatic rings. The largest absolute Gasteiger partial charge is 0.368 e. The SMILES string of the molecule is CCCc1cc(=O)[nH]c(SCC(C)(NCC)C(N)=O)n1. The number of primary amides is 1. The van der Waals surface area contributed by atoms with Gasteiger partial charge in [0.2, 0.25) is 5.91 Å². The second-order valence-electron chi connectivity index (χ2n) is 4.81. The molecule has 1 heterocycles. The molecule has 0 bridgehead atoms. The Hall–Kier alpha value is -1.34. The topological polar surface area (TPSA) is 101 Å². The van der Waals surface area contributed by atoms with E-state index in [1.807, 2.05) is 13.8 Å². The van der Waals surface area contributed by atoms with Gasteiger partial charge in [-0.3, -0.25) is 9.59 Å². The van der Waals surface area contributed by atoms with E-state index in [1.165, 1.54) is 17.8 Å². The van der Waals surface area contributed by atoms with Crippen molar-refractivity contribution in [2.24, 2.45) is 5.73 Å². The maximum Gasteiger partial charge on any atom is 0.251 e. The zero-order valence-electron chi connectivity index (χ0n) is 12.2. The molecule has 112 valence electrons. The third kappa shape index (κ3) is 4.64. The lowest BCUT2D eigenvalue weighted by atomic mass is 10.1. The molecule has 7 heteroatoms. The van der Waals surface area contributed by atoms with Crippen molar-refractivity contribution in [1.82, 2.24) is 15.3 Å². The van der Waals surface area contributed by atoms with Crippen LogP contribution in [0.2, 0.25) is 0 Å². The van der Waals surface area contributed by atoms with Crippen LogP contribution < -0.4 is 16.6 Å². The second kappa shape index (κ2) is 7.44. The average molecular weight is 298 g/mol. The first-order valence-electron chi connectivity index (χ1n) is 6.69. The van der Waals surface area contributed by atoms with Crippen LogP contribution in [0.25, 0.3) is 0 Å². The lowest BCUT2D eigenvalue weighted by Gasteiger charge is -2.26. The number of likely N-dealkylation sites (N-methyl/N-ethyl adjacent to an activating group) is 1. The van der Waals surface area contributed by atoms with E-state index < -0.39 is 11.4 Å². The van der Waals surface area contributed by atoms with E-state index in [1.54, 1.807) is 6.92 Å². The number of H-pyrrole nitrogens is 1. The Morgan fingerprint density at radius 1 is 1.55 bits per heavy atom. The molecule has 6 nitrogen and oxygen atoms in total. The minimum absolute atomic E-state index is 0.171. The number of aromatic amines is 1. The number of thioether (sulfide) groups is 1. The minimum Gasteiger partial charge on any atom is -0.368 e. The normalized spacial score (nSPS) is 13.9. The third-order valence-corrected chi connectivity index (χ3v) is 4.08. The summed E-state index contributed by atoms with van der Waals surface area (Å²) in [6, 6.07) is 1.51. The molecule has 1 atom stereocenters. The Morgan fingerprint density at radius 2 is 2.25 bits per heavy atom. The van der Waals surface area contributed by atoms with E-state index in [9.17, 15) is 9.59 Å². The van der Waals surface area contributed by atoms with Gasteiger partial charge in [-0.25, -0.2) is 4.98 Å². The maximum absolute atomic E-state index is 11.6. The summed E-state index contributed by atoms with van der Waals surface area (Å²) in [5.41, 5.74) is 5.20. The highest BCUT2D eigenvalue weighted by atomic mass is 32.2. The van der Waals surface area contributed by atoms with Crippen molar-refractivity contribution in [1.29, 1.82) is 0 Å². The van der Waals surface area contributed by atoms with Crippen molar-refractivity contribution < 1.29 is 4.79 Å². The molecule has 0 saturated heterocycles. The predicted molar refractivity (Wildman–Crippen MR) is 80.9 cm³/mol. The number of carbonyl (C=O) groups is 1. The van der Waals surface area contributed by atoms with Gasteiger partial charge >= 0.3 is 0 Å². The lowest BCUT2D eigenvalue weighted by Crippen LogP contribution is -2.55. The predicted octanol–water partition coefficient (Wildman–Crippen LogP) is 0.668. The maximum atomic E-state index is 11.6. The molecule has 20 heavy (non-hydrogen) atoms. The van der Waals surface area contributed by atoms with Gasteiger partial charge in [0.25, 0.3) is 5.56 Å². The Balaban J connectivity index is 2.82. The average Bonchev–Trinajstić information content (AvgIpc) is 2.36. The number of rotatable bonds is 8. The number of hydrogen-bond acceptors (Lipinski definition) is 5. The first-order valence-corrected chi connectivity index (χ1v) is 7.67. The summed E-state index contributed by atoms with van der Waals surface area (Å²) in [5.74, 6) is -0.00628. The second-order valence-corrected chi connectivity index (χ2v) is 5.77. The molecule has 0 aliphatic carbocycles. The van der Waals surface area contributed by atoms with Crippen LogP contribution in [0, 0.1) is 0 Å². The summed E-state index contributed by atoms with van der Waals surface area (Å²) in [6.07, 6.45) is 1.69. The number of nitrogens with two attached hydrogens (primary N) is 1. The summed E-state index contributed by atoms with van der Waals surface area (Å²) >= 11 is 1.32. The van der Waals surface area contributed by atoms with Crippen molar-refractivity contribution in [2.45, 2.75) is 44.3 Å². The lowest BCUT2D eigenvalue weighted by molar-refractivity contribution is -0.122. The first kappa shape index (κ1) is 16.7. The molecule has 0 aliphatic heterocycles. The molecule has 0 fully saturated rings. The summed E-state index contributed by atoms with van der Waals surface area (Å²) in [7, 11) is 0. The smallest absolute Gasteiger partial charge is 0.251 e. The molecule has 1 rings (SSSR count). The van der Waals surface area contributed by atoms with Crippen LogP contribution in [0.1, 0.15) is 32.9 Å². The van der Waals surface area contributed by atoms with Crippen LogP contribution in [0.15, 0.2) is 16.0 Å². The Bertz CT molecular complexity index is 517. The first-order chi connectivity index (χ1) is 9.41. The summed E-state index contributed by atoms with van der Waals surface area (Å²) in [6.45, 7) is 6.33. The van der Waals surface area contributed by atoms with Gasteiger partial charge in [0, 0.05) is 17.5 Å². The van der Waals surface area contributed by atoms with Crippen molar-refractivity contribution in [3.8, 4) is 0 Å². The third-order valence-electron chi connectivity index (χ3n) is 2.89. The van der Waals surface area contributed by atoms with Gasteiger partial charge < -0.3 is 16.0 Å². The quantitative estimate of drug-likeness (QED) is 0.484. The highest BCUT2D eigenvalue weighted by Gasteiger charge is 2.30. The molecule has 0 aliphatic rings. The number of hydrogen-bond donors (Lipinski definition) is 3. The van der Waals surface area contributed by atoms with Crippen LogP contribution in [-0.4, -0.2) is 33.7 Å². The van der Waals surface area contributed by atoms with Crippen LogP contribution in [-0.2, 0) is 11.2 Å². The number of aryl methyl sites for hydroxylation is 1. The van der Waals surface area contributed by atoms with Crippen molar-refractivity contribution in [3.63, 3.8) is 0 Å². The van der Waals surface area contributed by atoms with Crippen LogP contribution in [0.3, 0.4) is 0 Å². The summed E-state index contributed by atoms with van der Waals surface area (Å²) in [4.78, 5) is 30.1. The van der Waals surface area contributed by atoms with E-state index >= 15 is 0 Å². The fourth-order valence-corrected chi connectivity index (χ4v) is 2.77. The molecule has 1 aromatic heterocycles. The fourth-order valence-electron chi connectivity index (χ4n) is 1.75. The number of nitrogens with one attached hydrogen (secondary N) is 2. The van der Waals surface area contributed by atoms with Gasteiger partial charge in [0.05, 0.1) is 0 Å². The summed E-state index contributed by atoms with van der Waals surface area (Å²) in [5, 5.41) is 3.59. The number of amides is 1. The molecule has 1 amide bonds. The van der Waals surface area contributed by atoms with Crippen LogP contribution in [0.4, 0.5) is 0 Å². The van der Waals surface area contributed by atoms with Crippen molar-refractivity contribution >= 4 is 17.7 Å². The van der Waals surface area contributed by atoms with Crippen molar-refractivity contribution in [3.05, 3.63) is 22.1 Å². The molecule has 4 N–H and O–H groups in total. The Kier molecular flexibility index (Phi) is 6.22. The number of aromatic nitrogens is 2. The molecule has 0 saturated carbocycles. The number of nitrogens with zero attached hydrogens (tertiary/aromatic N) is 1. The minimum atomic E-state index is -0.821. The van der Waals surface area contributed by atoms with Gasteiger partial charge in [-0.15, -0.1) is 0 Å². The fraction of sp³-hybridized carbons (Fsp3) is 0.615. The molecular formula is C13H22N4O2S. The van der Waals surface area contributed by atoms with Crippen LogP contribution in [0.5, 0.6) is 0 Å². The van der Waals surface area contributed by atoms with Gasteiger partial charge in [-0.05, 0) is 19.9 Å². The highest BCUT2D eigenvalue weighted by molar-refractivity contribution is 7.99. The molecule has 1 unspecified atom stereocenters. The van der Waals surface area contributed by atoms with Crippen LogP contribution >= 0.6 is 11.8 Å². The van der Waals surface area contributed by atoms with E-state index in [-0.39, 0.29) is 5.56 Å². The van der Waals surface area contributed by atoms with E-state index in [0.717, 1.165) is 18.5 Å². The van der Waals surface area contributed by atoms with E-state index in [2.05, 4.69) is 15.3 Å². The molecule has 0 radical (unpaired) electrons. The monoisotopic (exact) mass is 298 g/mol. The molecular weight excluding hydrogens is 276 g/mol. The van der Waals surface area contributed by atoms with E-state index in [0.29, 0.717) is 17.5 Å². The number of carbonyl (C=O) groups excluding carboxylic acids is 1. The van der Waals surface area contributed by atoms with E-state index in [4.69, 9.17) is 5.73 Å². The van der Waals surface area contributed by atoms with Gasteiger partial charge in [-0.1, -0.05) is 32.0 Å². The van der Waals surface area contributed by atoms with Gasteiger partial charge in [0.15, 0.2) is 5.16 Å². The summed E-state index contributed by atoms with van der Waals surface area (Å²) < 4.78 is 0. The standard InChI is InChI=1S/C13H22N4O2S/c1-4-6-9-7-10(18)17-12(16-9)20-8-13(3,11(14)19)15-5-2/h7,15H,4-6,8H2,1-3H3,(H2,14,19)(H,16,17,18). The zero-order valence-corrected chi connectivity index (χ0v) is 13.0.